The highest BCUT2D eigenvalue weighted by molar-refractivity contribution is 7.85. The van der Waals surface area contributed by atoms with Gasteiger partial charge in [0.25, 0.3) is 0 Å². The Morgan fingerprint density at radius 3 is 1.90 bits per heavy atom. The van der Waals surface area contributed by atoms with Crippen LogP contribution in [-0.4, -0.2) is 4.98 Å². The fourth-order valence-corrected chi connectivity index (χ4v) is 9.25. The van der Waals surface area contributed by atoms with Crippen LogP contribution in [0.3, 0.4) is 0 Å². The van der Waals surface area contributed by atoms with Gasteiger partial charge < -0.3 is 4.57 Å². The highest BCUT2D eigenvalue weighted by Crippen LogP contribution is 2.45. The van der Waals surface area contributed by atoms with Crippen molar-refractivity contribution in [3.05, 3.63) is 158 Å². The van der Waals surface area contributed by atoms with Crippen LogP contribution < -0.4 is 15.9 Å². The molecule has 0 aliphatic carbocycles. The molecular formula is C39H26NOP. The van der Waals surface area contributed by atoms with E-state index in [4.69, 9.17) is 4.98 Å². The third-order valence-electron chi connectivity index (χ3n) is 8.37. The van der Waals surface area contributed by atoms with Gasteiger partial charge in [-0.25, -0.2) is 0 Å². The molecule has 1 unspecified atom stereocenters. The number of aromatic nitrogens is 1. The van der Waals surface area contributed by atoms with Crippen LogP contribution in [0, 0.1) is 0 Å². The predicted octanol–water partition coefficient (Wildman–Crippen LogP) is 9.00. The van der Waals surface area contributed by atoms with Gasteiger partial charge in [-0.1, -0.05) is 140 Å². The molecule has 0 aliphatic rings. The lowest BCUT2D eigenvalue weighted by molar-refractivity contribution is 0.592. The molecule has 0 spiro atoms. The molecule has 0 saturated carbocycles. The topological polar surface area (TPSA) is 30.0 Å². The molecule has 1 atom stereocenters. The summed E-state index contributed by atoms with van der Waals surface area (Å²) in [5, 5.41) is 10.5. The molecule has 8 aromatic rings. The Morgan fingerprint density at radius 1 is 0.452 bits per heavy atom. The molecular weight excluding hydrogens is 529 g/mol. The average molecular weight is 556 g/mol. The van der Waals surface area contributed by atoms with Crippen LogP contribution in [0.25, 0.3) is 54.3 Å². The van der Waals surface area contributed by atoms with Crippen LogP contribution >= 0.6 is 7.14 Å². The van der Waals surface area contributed by atoms with Crippen molar-refractivity contribution in [3.8, 4) is 11.1 Å². The number of rotatable bonds is 4. The molecule has 0 amide bonds. The Labute approximate surface area is 244 Å². The Kier molecular flexibility index (Phi) is 5.77. The summed E-state index contributed by atoms with van der Waals surface area (Å²) < 4.78 is 15.4. The van der Waals surface area contributed by atoms with Crippen LogP contribution in [-0.2, 0) is 4.57 Å². The minimum atomic E-state index is -3.17. The van der Waals surface area contributed by atoms with Gasteiger partial charge in [-0.3, -0.25) is 4.98 Å². The lowest BCUT2D eigenvalue weighted by Crippen LogP contribution is -2.25. The summed E-state index contributed by atoms with van der Waals surface area (Å²) in [5.74, 6) is 0. The van der Waals surface area contributed by atoms with E-state index in [2.05, 4.69) is 91.0 Å². The van der Waals surface area contributed by atoms with E-state index in [9.17, 15) is 0 Å². The van der Waals surface area contributed by atoms with Crippen LogP contribution in [0.15, 0.2) is 158 Å². The van der Waals surface area contributed by atoms with Crippen LogP contribution in [0.5, 0.6) is 0 Å². The van der Waals surface area contributed by atoms with Crippen molar-refractivity contribution in [1.82, 2.24) is 4.98 Å². The Bertz CT molecular complexity index is 2320. The molecule has 1 heterocycles. The van der Waals surface area contributed by atoms with Gasteiger partial charge in [0.05, 0.1) is 5.52 Å². The number of hydrogen-bond donors (Lipinski definition) is 0. The minimum absolute atomic E-state index is 0.821. The fourth-order valence-electron chi connectivity index (χ4n) is 6.39. The summed E-state index contributed by atoms with van der Waals surface area (Å²) in [6.45, 7) is 0. The van der Waals surface area contributed by atoms with Crippen molar-refractivity contribution < 1.29 is 4.57 Å². The Morgan fingerprint density at radius 2 is 1.10 bits per heavy atom. The maximum absolute atomic E-state index is 15.4. The van der Waals surface area contributed by atoms with E-state index in [1.54, 1.807) is 0 Å². The number of fused-ring (bicyclic) bond motifs is 5. The minimum Gasteiger partial charge on any atom is -0.309 e. The summed E-state index contributed by atoms with van der Waals surface area (Å²) in [7, 11) is -3.17. The third-order valence-corrected chi connectivity index (χ3v) is 11.5. The maximum Gasteiger partial charge on any atom is 0.171 e. The first-order valence-electron chi connectivity index (χ1n) is 14.2. The maximum atomic E-state index is 15.4. The molecule has 7 aromatic carbocycles. The Balaban J connectivity index is 1.37. The lowest BCUT2D eigenvalue weighted by Gasteiger charge is -2.22. The van der Waals surface area contributed by atoms with Crippen molar-refractivity contribution in [3.63, 3.8) is 0 Å². The van der Waals surface area contributed by atoms with Gasteiger partial charge in [-0.05, 0) is 55.6 Å². The van der Waals surface area contributed by atoms with E-state index in [1.807, 2.05) is 66.9 Å². The predicted molar refractivity (Wildman–Crippen MR) is 179 cm³/mol. The second-order valence-corrected chi connectivity index (χ2v) is 13.4. The summed E-state index contributed by atoms with van der Waals surface area (Å²) in [5.41, 5.74) is 3.19. The standard InChI is InChI=1S/C39H26NOP/c41-42(30-13-2-1-3-14-30,38-18-8-12-27-10-5-7-16-33(27)38)31-22-19-29(20-23-31)39-34-24-21-28-11-4-6-15-32(28)36(34)26-37-35(39)17-9-25-40-37/h1-26H. The molecule has 0 aliphatic heterocycles. The molecule has 0 saturated heterocycles. The van der Waals surface area contributed by atoms with Gasteiger partial charge in [0.1, 0.15) is 0 Å². The van der Waals surface area contributed by atoms with E-state index < -0.39 is 7.14 Å². The quantitative estimate of drug-likeness (QED) is 0.123. The molecule has 3 heteroatoms. The van der Waals surface area contributed by atoms with Gasteiger partial charge in [0, 0.05) is 27.5 Å². The first-order chi connectivity index (χ1) is 20.7. The van der Waals surface area contributed by atoms with Crippen LogP contribution in [0.1, 0.15) is 0 Å². The van der Waals surface area contributed by atoms with Crippen molar-refractivity contribution in [1.29, 1.82) is 0 Å². The summed E-state index contributed by atoms with van der Waals surface area (Å²) >= 11 is 0. The van der Waals surface area contributed by atoms with Gasteiger partial charge >= 0.3 is 0 Å². The first-order valence-corrected chi connectivity index (χ1v) is 15.9. The largest absolute Gasteiger partial charge is 0.309 e. The van der Waals surface area contributed by atoms with E-state index in [0.717, 1.165) is 48.7 Å². The van der Waals surface area contributed by atoms with Crippen molar-refractivity contribution in [2.24, 2.45) is 0 Å². The summed E-state index contributed by atoms with van der Waals surface area (Å²) in [6.07, 6.45) is 1.85. The zero-order valence-corrected chi connectivity index (χ0v) is 23.7. The van der Waals surface area contributed by atoms with Crippen LogP contribution in [0.2, 0.25) is 0 Å². The fraction of sp³-hybridized carbons (Fsp3) is 0. The third kappa shape index (κ3) is 3.80. The number of hydrogen-bond acceptors (Lipinski definition) is 2. The van der Waals surface area contributed by atoms with E-state index in [0.29, 0.717) is 0 Å². The van der Waals surface area contributed by atoms with E-state index in [1.165, 1.54) is 21.5 Å². The molecule has 0 radical (unpaired) electrons. The summed E-state index contributed by atoms with van der Waals surface area (Å²) in [4.78, 5) is 4.74. The molecule has 0 N–H and O–H groups in total. The van der Waals surface area contributed by atoms with Gasteiger partial charge in [-0.2, -0.15) is 0 Å². The molecule has 1 aromatic heterocycles. The van der Waals surface area contributed by atoms with Gasteiger partial charge in [-0.15, -0.1) is 0 Å². The van der Waals surface area contributed by atoms with Gasteiger partial charge in [0.2, 0.25) is 0 Å². The zero-order chi connectivity index (χ0) is 28.1. The number of benzene rings is 7. The van der Waals surface area contributed by atoms with Crippen molar-refractivity contribution in [2.75, 3.05) is 0 Å². The van der Waals surface area contributed by atoms with Crippen LogP contribution in [0.4, 0.5) is 0 Å². The second-order valence-electron chi connectivity index (χ2n) is 10.7. The molecule has 42 heavy (non-hydrogen) atoms. The highest BCUT2D eigenvalue weighted by atomic mass is 31.2. The normalized spacial score (nSPS) is 13.0. The summed E-state index contributed by atoms with van der Waals surface area (Å²) in [6, 6.07) is 51.9. The van der Waals surface area contributed by atoms with Crippen molar-refractivity contribution >= 4 is 66.3 Å². The van der Waals surface area contributed by atoms with Crippen molar-refractivity contribution in [2.45, 2.75) is 0 Å². The Hall–Kier alpha value is -5.04. The SMILES string of the molecule is O=P(c1ccccc1)(c1ccc(-c2c3cccnc3cc3c2ccc2ccccc23)cc1)c1cccc2ccccc12. The first kappa shape index (κ1) is 24.7. The smallest absolute Gasteiger partial charge is 0.171 e. The zero-order valence-electron chi connectivity index (χ0n) is 22.8. The monoisotopic (exact) mass is 555 g/mol. The second kappa shape index (κ2) is 9.80. The average Bonchev–Trinajstić information content (AvgIpc) is 3.07. The molecule has 0 bridgehead atoms. The van der Waals surface area contributed by atoms with E-state index >= 15 is 4.57 Å². The number of pyridine rings is 1. The molecule has 198 valence electrons. The number of nitrogens with zero attached hydrogens (tertiary/aromatic N) is 1. The molecule has 2 nitrogen and oxygen atoms in total. The molecule has 8 rings (SSSR count). The highest BCUT2D eigenvalue weighted by Gasteiger charge is 2.31. The van der Waals surface area contributed by atoms with Gasteiger partial charge in [0.15, 0.2) is 7.14 Å². The van der Waals surface area contributed by atoms with E-state index in [-0.39, 0.29) is 0 Å². The molecule has 0 fully saturated rings. The lowest BCUT2D eigenvalue weighted by atomic mass is 9.91.